The van der Waals surface area contributed by atoms with E-state index in [1.54, 1.807) is 6.07 Å². The van der Waals surface area contributed by atoms with Crippen molar-refractivity contribution >= 4 is 23.2 Å². The minimum atomic E-state index is -0.485. The summed E-state index contributed by atoms with van der Waals surface area (Å²) in [6.07, 6.45) is 0. The Labute approximate surface area is 126 Å². The fourth-order valence-electron chi connectivity index (χ4n) is 1.92. The molecule has 6 heteroatoms. The molecule has 0 bridgehead atoms. The summed E-state index contributed by atoms with van der Waals surface area (Å²) in [6, 6.07) is 5.63. The summed E-state index contributed by atoms with van der Waals surface area (Å²) in [4.78, 5) is 16.2. The molecule has 0 unspecified atom stereocenters. The van der Waals surface area contributed by atoms with Gasteiger partial charge in [0.1, 0.15) is 16.8 Å². The van der Waals surface area contributed by atoms with Crippen LogP contribution in [0, 0.1) is 5.82 Å². The van der Waals surface area contributed by atoms with Gasteiger partial charge in [0, 0.05) is 12.0 Å². The number of hydrogen-bond acceptors (Lipinski definition) is 2. The molecule has 0 aliphatic heterocycles. The standard InChI is InChI=1S/C14H13Cl2FN2O/c1-8(2)14-18-12(16)6-13(20)19(14)7-9-3-4-11(17)10(15)5-9/h3-6,8H,7H2,1-2H3. The minimum absolute atomic E-state index is 0.0311. The van der Waals surface area contributed by atoms with Gasteiger partial charge >= 0.3 is 0 Å². The third-order valence-electron chi connectivity index (χ3n) is 2.85. The van der Waals surface area contributed by atoms with Gasteiger partial charge in [-0.1, -0.05) is 43.1 Å². The van der Waals surface area contributed by atoms with E-state index in [-0.39, 0.29) is 28.2 Å². The average molecular weight is 315 g/mol. The Bertz CT molecular complexity index is 698. The monoisotopic (exact) mass is 314 g/mol. The molecule has 1 aromatic carbocycles. The molecule has 0 N–H and O–H groups in total. The number of halogens is 3. The lowest BCUT2D eigenvalue weighted by Gasteiger charge is -2.15. The highest BCUT2D eigenvalue weighted by molar-refractivity contribution is 6.30. The van der Waals surface area contributed by atoms with Crippen LogP contribution in [0.5, 0.6) is 0 Å². The van der Waals surface area contributed by atoms with Gasteiger partial charge in [-0.3, -0.25) is 9.36 Å². The minimum Gasteiger partial charge on any atom is -0.292 e. The van der Waals surface area contributed by atoms with Gasteiger partial charge in [-0.2, -0.15) is 0 Å². The van der Waals surface area contributed by atoms with Crippen LogP contribution >= 0.6 is 23.2 Å². The van der Waals surface area contributed by atoms with Crippen LogP contribution in [0.15, 0.2) is 29.1 Å². The van der Waals surface area contributed by atoms with Crippen molar-refractivity contribution in [1.29, 1.82) is 0 Å². The van der Waals surface area contributed by atoms with E-state index >= 15 is 0 Å². The first-order valence-corrected chi connectivity index (χ1v) is 6.85. The van der Waals surface area contributed by atoms with Crippen LogP contribution in [-0.4, -0.2) is 9.55 Å². The second-order valence-electron chi connectivity index (χ2n) is 4.76. The Morgan fingerprint density at radius 2 is 2.00 bits per heavy atom. The first-order chi connectivity index (χ1) is 9.38. The Morgan fingerprint density at radius 3 is 2.60 bits per heavy atom. The van der Waals surface area contributed by atoms with Crippen molar-refractivity contribution in [2.45, 2.75) is 26.3 Å². The van der Waals surface area contributed by atoms with E-state index in [4.69, 9.17) is 23.2 Å². The van der Waals surface area contributed by atoms with E-state index in [0.29, 0.717) is 5.82 Å². The van der Waals surface area contributed by atoms with E-state index in [9.17, 15) is 9.18 Å². The maximum absolute atomic E-state index is 13.1. The van der Waals surface area contributed by atoms with Crippen LogP contribution in [0.3, 0.4) is 0 Å². The lowest BCUT2D eigenvalue weighted by molar-refractivity contribution is 0.615. The topological polar surface area (TPSA) is 34.9 Å². The normalized spacial score (nSPS) is 11.1. The largest absolute Gasteiger partial charge is 0.292 e. The molecule has 1 heterocycles. The zero-order valence-corrected chi connectivity index (χ0v) is 12.5. The quantitative estimate of drug-likeness (QED) is 0.806. The SMILES string of the molecule is CC(C)c1nc(Cl)cc(=O)n1Cc1ccc(F)c(Cl)c1. The molecular formula is C14H13Cl2FN2O. The van der Waals surface area contributed by atoms with Crippen LogP contribution in [-0.2, 0) is 6.54 Å². The van der Waals surface area contributed by atoms with Gasteiger partial charge < -0.3 is 0 Å². The van der Waals surface area contributed by atoms with Gasteiger partial charge in [-0.15, -0.1) is 0 Å². The Morgan fingerprint density at radius 1 is 1.30 bits per heavy atom. The van der Waals surface area contributed by atoms with Gasteiger partial charge in [0.05, 0.1) is 11.6 Å². The average Bonchev–Trinajstić information content (AvgIpc) is 2.36. The zero-order valence-electron chi connectivity index (χ0n) is 11.0. The van der Waals surface area contributed by atoms with Crippen molar-refractivity contribution in [2.75, 3.05) is 0 Å². The number of benzene rings is 1. The Balaban J connectivity index is 2.47. The molecule has 0 fully saturated rings. The molecule has 0 aliphatic rings. The summed E-state index contributed by atoms with van der Waals surface area (Å²) in [5, 5.41) is 0.204. The molecule has 0 saturated heterocycles. The van der Waals surface area contributed by atoms with Crippen molar-refractivity contribution in [1.82, 2.24) is 9.55 Å². The highest BCUT2D eigenvalue weighted by Gasteiger charge is 2.12. The molecule has 0 amide bonds. The number of hydrogen-bond donors (Lipinski definition) is 0. The van der Waals surface area contributed by atoms with E-state index in [2.05, 4.69) is 4.98 Å². The lowest BCUT2D eigenvalue weighted by Crippen LogP contribution is -2.25. The van der Waals surface area contributed by atoms with Crippen LogP contribution in [0.25, 0.3) is 0 Å². The third kappa shape index (κ3) is 3.19. The molecule has 106 valence electrons. The Kier molecular flexibility index (Phi) is 4.45. The van der Waals surface area contributed by atoms with Gasteiger partial charge in [-0.25, -0.2) is 9.37 Å². The number of rotatable bonds is 3. The zero-order chi connectivity index (χ0) is 14.9. The molecule has 0 saturated carbocycles. The summed E-state index contributed by atoms with van der Waals surface area (Å²) in [7, 11) is 0. The predicted octanol–water partition coefficient (Wildman–Crippen LogP) is 3.86. The van der Waals surface area contributed by atoms with Crippen molar-refractivity contribution in [3.8, 4) is 0 Å². The fourth-order valence-corrected chi connectivity index (χ4v) is 2.30. The summed E-state index contributed by atoms with van der Waals surface area (Å²) in [5.41, 5.74) is 0.485. The molecular weight excluding hydrogens is 302 g/mol. The highest BCUT2D eigenvalue weighted by Crippen LogP contribution is 2.18. The highest BCUT2D eigenvalue weighted by atomic mass is 35.5. The molecule has 0 spiro atoms. The van der Waals surface area contributed by atoms with Crippen molar-refractivity contribution in [3.05, 3.63) is 62.0 Å². The summed E-state index contributed by atoms with van der Waals surface area (Å²) < 4.78 is 14.7. The van der Waals surface area contributed by atoms with E-state index < -0.39 is 5.82 Å². The van der Waals surface area contributed by atoms with E-state index in [1.807, 2.05) is 13.8 Å². The molecule has 3 nitrogen and oxygen atoms in total. The van der Waals surface area contributed by atoms with Crippen LogP contribution in [0.4, 0.5) is 4.39 Å². The molecule has 2 rings (SSSR count). The summed E-state index contributed by atoms with van der Waals surface area (Å²) in [5.74, 6) is 0.140. The molecule has 0 radical (unpaired) electrons. The molecule has 0 aliphatic carbocycles. The van der Waals surface area contributed by atoms with Crippen molar-refractivity contribution in [3.63, 3.8) is 0 Å². The van der Waals surface area contributed by atoms with Crippen LogP contribution in [0.2, 0.25) is 10.2 Å². The van der Waals surface area contributed by atoms with Gasteiger partial charge in [0.2, 0.25) is 0 Å². The number of aromatic nitrogens is 2. The second kappa shape index (κ2) is 5.94. The van der Waals surface area contributed by atoms with Crippen molar-refractivity contribution < 1.29 is 4.39 Å². The molecule has 2 aromatic rings. The van der Waals surface area contributed by atoms with Gasteiger partial charge in [0.15, 0.2) is 0 Å². The Hall–Kier alpha value is -1.39. The number of nitrogens with zero attached hydrogens (tertiary/aromatic N) is 2. The fraction of sp³-hybridized carbons (Fsp3) is 0.286. The maximum atomic E-state index is 13.1. The smallest absolute Gasteiger partial charge is 0.255 e. The summed E-state index contributed by atoms with van der Waals surface area (Å²) >= 11 is 11.6. The van der Waals surface area contributed by atoms with Crippen LogP contribution < -0.4 is 5.56 Å². The van der Waals surface area contributed by atoms with E-state index in [1.165, 1.54) is 22.8 Å². The van der Waals surface area contributed by atoms with E-state index in [0.717, 1.165) is 5.56 Å². The molecule has 0 atom stereocenters. The molecule has 1 aromatic heterocycles. The first-order valence-electron chi connectivity index (χ1n) is 6.09. The second-order valence-corrected chi connectivity index (χ2v) is 5.56. The first kappa shape index (κ1) is 15.0. The van der Waals surface area contributed by atoms with Crippen molar-refractivity contribution in [2.24, 2.45) is 0 Å². The predicted molar refractivity (Wildman–Crippen MR) is 78.1 cm³/mol. The maximum Gasteiger partial charge on any atom is 0.255 e. The van der Waals surface area contributed by atoms with Gasteiger partial charge in [-0.05, 0) is 17.7 Å². The summed E-state index contributed by atoms with van der Waals surface area (Å²) in [6.45, 7) is 4.12. The molecule has 20 heavy (non-hydrogen) atoms. The van der Waals surface area contributed by atoms with Crippen LogP contribution in [0.1, 0.15) is 31.2 Å². The third-order valence-corrected chi connectivity index (χ3v) is 3.33. The van der Waals surface area contributed by atoms with Gasteiger partial charge in [0.25, 0.3) is 5.56 Å². The lowest BCUT2D eigenvalue weighted by atomic mass is 10.1.